The molecule has 1 N–H and O–H groups in total. The highest BCUT2D eigenvalue weighted by Crippen LogP contribution is 2.32. The van der Waals surface area contributed by atoms with Crippen LogP contribution in [0.1, 0.15) is 17.2 Å². The molecule has 2 rings (SSSR count). The second kappa shape index (κ2) is 5.99. The van der Waals surface area contributed by atoms with Crippen LogP contribution in [-0.2, 0) is 0 Å². The lowest BCUT2D eigenvalue weighted by atomic mass is 9.98. The van der Waals surface area contributed by atoms with Gasteiger partial charge in [0, 0.05) is 22.3 Å². The number of methoxy groups -OCH3 is 1. The van der Waals surface area contributed by atoms with Crippen molar-refractivity contribution in [3.05, 3.63) is 58.6 Å². The Balaban J connectivity index is 2.51. The minimum absolute atomic E-state index is 0.324. The Hall–Kier alpha value is -1.65. The highest BCUT2D eigenvalue weighted by Gasteiger charge is 2.19. The molecule has 0 bridgehead atoms. The van der Waals surface area contributed by atoms with E-state index in [1.807, 2.05) is 6.07 Å². The van der Waals surface area contributed by atoms with E-state index in [1.165, 1.54) is 6.20 Å². The average Bonchev–Trinajstić information content (AvgIpc) is 2.43. The zero-order chi connectivity index (χ0) is 13.8. The SMILES string of the molecule is CNC(c1ccncc1F)c1ccc(Cl)cc1OC. The lowest BCUT2D eigenvalue weighted by Gasteiger charge is -2.20. The van der Waals surface area contributed by atoms with Crippen LogP contribution in [0, 0.1) is 5.82 Å². The molecule has 1 aromatic heterocycles. The fraction of sp³-hybridized carbons (Fsp3) is 0.214. The molecule has 0 amide bonds. The second-order valence-electron chi connectivity index (χ2n) is 4.01. The van der Waals surface area contributed by atoms with Gasteiger partial charge in [-0.2, -0.15) is 0 Å². The van der Waals surface area contributed by atoms with Gasteiger partial charge in [0.15, 0.2) is 0 Å². The molecule has 0 fully saturated rings. The van der Waals surface area contributed by atoms with Crippen LogP contribution >= 0.6 is 11.6 Å². The van der Waals surface area contributed by atoms with Crippen molar-refractivity contribution in [1.29, 1.82) is 0 Å². The third kappa shape index (κ3) is 2.85. The first-order chi connectivity index (χ1) is 9.17. The smallest absolute Gasteiger partial charge is 0.146 e. The minimum atomic E-state index is -0.362. The van der Waals surface area contributed by atoms with Crippen LogP contribution in [0.4, 0.5) is 4.39 Å². The van der Waals surface area contributed by atoms with Crippen LogP contribution in [0.5, 0.6) is 5.75 Å². The van der Waals surface area contributed by atoms with Crippen molar-refractivity contribution in [2.24, 2.45) is 0 Å². The van der Waals surface area contributed by atoms with Crippen molar-refractivity contribution in [3.8, 4) is 5.75 Å². The molecule has 0 saturated carbocycles. The number of aromatic nitrogens is 1. The van der Waals surface area contributed by atoms with E-state index in [-0.39, 0.29) is 11.9 Å². The van der Waals surface area contributed by atoms with Crippen LogP contribution < -0.4 is 10.1 Å². The van der Waals surface area contributed by atoms with E-state index in [0.717, 1.165) is 5.56 Å². The Morgan fingerprint density at radius 1 is 1.32 bits per heavy atom. The molecule has 3 nitrogen and oxygen atoms in total. The van der Waals surface area contributed by atoms with Crippen LogP contribution in [0.3, 0.4) is 0 Å². The zero-order valence-corrected chi connectivity index (χ0v) is 11.4. The van der Waals surface area contributed by atoms with Gasteiger partial charge >= 0.3 is 0 Å². The molecule has 1 aromatic carbocycles. The number of halogens is 2. The third-order valence-corrected chi connectivity index (χ3v) is 3.15. The number of nitrogens with zero attached hydrogens (tertiary/aromatic N) is 1. The summed E-state index contributed by atoms with van der Waals surface area (Å²) in [5.41, 5.74) is 1.33. The number of benzene rings is 1. The van der Waals surface area contributed by atoms with E-state index >= 15 is 0 Å². The standard InChI is InChI=1S/C14H14ClFN2O/c1-17-14(10-5-6-18-8-12(10)16)11-4-3-9(15)7-13(11)19-2/h3-8,14,17H,1-2H3. The molecule has 1 heterocycles. The number of rotatable bonds is 4. The maximum absolute atomic E-state index is 13.9. The monoisotopic (exact) mass is 280 g/mol. The van der Waals surface area contributed by atoms with Crippen LogP contribution in [0.2, 0.25) is 5.02 Å². The number of pyridine rings is 1. The fourth-order valence-electron chi connectivity index (χ4n) is 2.02. The summed E-state index contributed by atoms with van der Waals surface area (Å²) < 4.78 is 19.2. The lowest BCUT2D eigenvalue weighted by Crippen LogP contribution is -2.19. The largest absolute Gasteiger partial charge is 0.496 e. The van der Waals surface area contributed by atoms with Crippen LogP contribution in [0.25, 0.3) is 0 Å². The third-order valence-electron chi connectivity index (χ3n) is 2.91. The summed E-state index contributed by atoms with van der Waals surface area (Å²) in [5, 5.41) is 3.65. The molecule has 0 aliphatic heterocycles. The Morgan fingerprint density at radius 3 is 2.74 bits per heavy atom. The summed E-state index contributed by atoms with van der Waals surface area (Å²) in [7, 11) is 3.32. The quantitative estimate of drug-likeness (QED) is 0.934. The second-order valence-corrected chi connectivity index (χ2v) is 4.44. The summed E-state index contributed by atoms with van der Waals surface area (Å²) in [5.74, 6) is 0.252. The van der Waals surface area contributed by atoms with Crippen molar-refractivity contribution in [1.82, 2.24) is 10.3 Å². The minimum Gasteiger partial charge on any atom is -0.496 e. The van der Waals surface area contributed by atoms with Gasteiger partial charge in [0.25, 0.3) is 0 Å². The van der Waals surface area contributed by atoms with Crippen molar-refractivity contribution >= 4 is 11.6 Å². The van der Waals surface area contributed by atoms with Gasteiger partial charge in [-0.15, -0.1) is 0 Å². The van der Waals surface area contributed by atoms with Crippen molar-refractivity contribution < 1.29 is 9.13 Å². The van der Waals surface area contributed by atoms with Crippen LogP contribution in [0.15, 0.2) is 36.7 Å². The maximum Gasteiger partial charge on any atom is 0.146 e. The van der Waals surface area contributed by atoms with Gasteiger partial charge in [-0.1, -0.05) is 17.7 Å². The molecular weight excluding hydrogens is 267 g/mol. The van der Waals surface area contributed by atoms with Crippen LogP contribution in [-0.4, -0.2) is 19.1 Å². The normalized spacial score (nSPS) is 12.2. The molecule has 19 heavy (non-hydrogen) atoms. The fourth-order valence-corrected chi connectivity index (χ4v) is 2.18. The summed E-state index contributed by atoms with van der Waals surface area (Å²) in [6.45, 7) is 0. The van der Waals surface area contributed by atoms with Gasteiger partial charge in [-0.3, -0.25) is 4.98 Å². The van der Waals surface area contributed by atoms with E-state index in [9.17, 15) is 4.39 Å². The molecule has 1 unspecified atom stereocenters. The molecule has 100 valence electrons. The van der Waals surface area contributed by atoms with Gasteiger partial charge in [0.1, 0.15) is 11.6 Å². The van der Waals surface area contributed by atoms with E-state index < -0.39 is 0 Å². The van der Waals surface area contributed by atoms with Gasteiger partial charge < -0.3 is 10.1 Å². The molecule has 0 aliphatic carbocycles. The zero-order valence-electron chi connectivity index (χ0n) is 10.7. The molecule has 0 spiro atoms. The summed E-state index contributed by atoms with van der Waals surface area (Å²) in [4.78, 5) is 3.76. The Bertz CT molecular complexity index is 577. The predicted octanol–water partition coefficient (Wildman–Crippen LogP) is 3.19. The molecule has 0 aliphatic rings. The number of hydrogen-bond donors (Lipinski definition) is 1. The van der Waals surface area contributed by atoms with Crippen molar-refractivity contribution in [2.75, 3.05) is 14.2 Å². The predicted molar refractivity (Wildman–Crippen MR) is 73.1 cm³/mol. The maximum atomic E-state index is 13.9. The Kier molecular flexibility index (Phi) is 4.35. The van der Waals surface area contributed by atoms with Gasteiger partial charge in [-0.05, 0) is 25.2 Å². The summed E-state index contributed by atoms with van der Waals surface area (Å²) in [6, 6.07) is 6.60. The number of ether oxygens (including phenoxy) is 1. The molecule has 2 aromatic rings. The average molecular weight is 281 g/mol. The molecular formula is C14H14ClFN2O. The molecule has 0 radical (unpaired) electrons. The first-order valence-corrected chi connectivity index (χ1v) is 6.15. The van der Waals surface area contributed by atoms with E-state index in [1.54, 1.807) is 38.6 Å². The van der Waals surface area contributed by atoms with E-state index in [0.29, 0.717) is 16.3 Å². The van der Waals surface area contributed by atoms with E-state index in [2.05, 4.69) is 10.3 Å². The first kappa shape index (κ1) is 13.8. The topological polar surface area (TPSA) is 34.2 Å². The molecule has 5 heteroatoms. The number of hydrogen-bond acceptors (Lipinski definition) is 3. The van der Waals surface area contributed by atoms with E-state index in [4.69, 9.17) is 16.3 Å². The van der Waals surface area contributed by atoms with Crippen molar-refractivity contribution in [2.45, 2.75) is 6.04 Å². The van der Waals surface area contributed by atoms with Crippen molar-refractivity contribution in [3.63, 3.8) is 0 Å². The highest BCUT2D eigenvalue weighted by atomic mass is 35.5. The van der Waals surface area contributed by atoms with Gasteiger partial charge in [0.2, 0.25) is 0 Å². The number of nitrogens with one attached hydrogen (secondary N) is 1. The lowest BCUT2D eigenvalue weighted by molar-refractivity contribution is 0.404. The summed E-state index contributed by atoms with van der Waals surface area (Å²) in [6.07, 6.45) is 2.76. The van der Waals surface area contributed by atoms with Gasteiger partial charge in [0.05, 0.1) is 19.3 Å². The molecule has 1 atom stereocenters. The Morgan fingerprint density at radius 2 is 2.11 bits per heavy atom. The highest BCUT2D eigenvalue weighted by molar-refractivity contribution is 6.30. The summed E-state index contributed by atoms with van der Waals surface area (Å²) >= 11 is 5.94. The molecule has 0 saturated heterocycles. The Labute approximate surface area is 116 Å². The van der Waals surface area contributed by atoms with Gasteiger partial charge in [-0.25, -0.2) is 4.39 Å². The first-order valence-electron chi connectivity index (χ1n) is 5.77.